The minimum absolute atomic E-state index is 0.190. The Morgan fingerprint density at radius 2 is 1.82 bits per heavy atom. The lowest BCUT2D eigenvalue weighted by Gasteiger charge is -2.22. The maximum absolute atomic E-state index is 13.3. The fourth-order valence-corrected chi connectivity index (χ4v) is 4.23. The molecule has 0 radical (unpaired) electrons. The average molecular weight is 491 g/mol. The Hall–Kier alpha value is -3.47. The van der Waals surface area contributed by atoms with E-state index in [1.807, 2.05) is 18.2 Å². The topological polar surface area (TPSA) is 89.5 Å². The number of ether oxygens (including phenoxy) is 1. The van der Waals surface area contributed by atoms with E-state index in [0.717, 1.165) is 48.1 Å². The summed E-state index contributed by atoms with van der Waals surface area (Å²) in [4.78, 5) is 22.9. The number of sulfone groups is 1. The van der Waals surface area contributed by atoms with Gasteiger partial charge in [-0.3, -0.25) is 14.8 Å². The Balaban J connectivity index is 1.65. The Morgan fingerprint density at radius 1 is 1.09 bits per heavy atom. The first kappa shape index (κ1) is 23.7. The number of nitrogens with zero attached hydrogens (tertiary/aromatic N) is 3. The largest absolute Gasteiger partial charge is 0.480 e. The van der Waals surface area contributed by atoms with Crippen molar-refractivity contribution in [1.29, 1.82) is 0 Å². The number of halogens is 3. The summed E-state index contributed by atoms with van der Waals surface area (Å²) < 4.78 is 68.3. The number of amides is 1. The highest BCUT2D eigenvalue weighted by Crippen LogP contribution is 2.33. The molecule has 4 rings (SSSR count). The van der Waals surface area contributed by atoms with Crippen LogP contribution in [0, 0.1) is 0 Å². The normalized spacial score (nSPS) is 14.6. The molecule has 1 aliphatic heterocycles. The average Bonchev–Trinajstić information content (AvgIpc) is 3.21. The molecule has 7 nitrogen and oxygen atoms in total. The second-order valence-electron chi connectivity index (χ2n) is 7.97. The first-order valence-corrected chi connectivity index (χ1v) is 12.1. The molecule has 34 heavy (non-hydrogen) atoms. The first-order valence-electron chi connectivity index (χ1n) is 10.2. The van der Waals surface area contributed by atoms with Crippen LogP contribution in [0.2, 0.25) is 0 Å². The molecule has 2 heterocycles. The Morgan fingerprint density at radius 3 is 2.47 bits per heavy atom. The third-order valence-corrected chi connectivity index (χ3v) is 6.56. The number of rotatable bonds is 5. The summed E-state index contributed by atoms with van der Waals surface area (Å²) in [6, 6.07) is 8.84. The summed E-state index contributed by atoms with van der Waals surface area (Å²) in [6.45, 7) is 1.23. The predicted molar refractivity (Wildman–Crippen MR) is 117 cm³/mol. The van der Waals surface area contributed by atoms with E-state index in [-0.39, 0.29) is 29.3 Å². The van der Waals surface area contributed by atoms with Crippen LogP contribution < -0.4 is 4.74 Å². The Bertz CT molecular complexity index is 1350. The maximum atomic E-state index is 13.3. The van der Waals surface area contributed by atoms with Crippen LogP contribution in [0.15, 0.2) is 59.9 Å². The zero-order valence-corrected chi connectivity index (χ0v) is 19.0. The molecule has 0 aliphatic carbocycles. The van der Waals surface area contributed by atoms with Crippen molar-refractivity contribution < 1.29 is 31.1 Å². The van der Waals surface area contributed by atoms with Gasteiger partial charge in [0.15, 0.2) is 15.9 Å². The molecule has 178 valence electrons. The zero-order valence-electron chi connectivity index (χ0n) is 18.2. The number of aromatic nitrogens is 2. The predicted octanol–water partition coefficient (Wildman–Crippen LogP) is 4.03. The molecule has 1 aliphatic rings. The molecule has 1 amide bonds. The van der Waals surface area contributed by atoms with E-state index in [1.165, 1.54) is 4.90 Å². The second kappa shape index (κ2) is 8.71. The highest BCUT2D eigenvalue weighted by atomic mass is 32.2. The highest BCUT2D eigenvalue weighted by molar-refractivity contribution is 7.90. The molecule has 0 fully saturated rings. The number of hydrogen-bond acceptors (Lipinski definition) is 6. The summed E-state index contributed by atoms with van der Waals surface area (Å²) >= 11 is 0. The number of benzene rings is 2. The molecule has 2 aromatic carbocycles. The Labute approximate surface area is 194 Å². The smallest absolute Gasteiger partial charge is 0.425 e. The van der Waals surface area contributed by atoms with Crippen molar-refractivity contribution in [2.45, 2.75) is 37.2 Å². The number of fused-ring (bicyclic) bond motifs is 1. The van der Waals surface area contributed by atoms with E-state index in [2.05, 4.69) is 9.97 Å². The van der Waals surface area contributed by atoms with Crippen LogP contribution in [0.3, 0.4) is 0 Å². The first-order chi connectivity index (χ1) is 15.9. The van der Waals surface area contributed by atoms with Crippen LogP contribution in [0.25, 0.3) is 11.3 Å². The summed E-state index contributed by atoms with van der Waals surface area (Å²) in [6.07, 6.45) is -1.15. The van der Waals surface area contributed by atoms with Gasteiger partial charge in [0.25, 0.3) is 5.91 Å². The van der Waals surface area contributed by atoms with E-state index >= 15 is 0 Å². The lowest BCUT2D eigenvalue weighted by atomic mass is 10.0. The van der Waals surface area contributed by atoms with Gasteiger partial charge >= 0.3 is 6.18 Å². The van der Waals surface area contributed by atoms with Crippen molar-refractivity contribution in [3.05, 3.63) is 71.7 Å². The standard InChI is InChI=1S/C23H20F3N3O4S/c1-14(23(24,25)26)33-21-6-5-18(34(2,31)32)10-19(21)22(30)29-12-16-4-3-15(9-17(16)13-29)20-11-27-7-8-28-20/h3-11,14H,12-13H2,1-2H3/t14-/m0/s1. The van der Waals surface area contributed by atoms with Gasteiger partial charge in [0.05, 0.1) is 22.3 Å². The number of carbonyl (C=O) groups excluding carboxylic acids is 1. The van der Waals surface area contributed by atoms with E-state index in [4.69, 9.17) is 4.74 Å². The molecular formula is C23H20F3N3O4S. The monoisotopic (exact) mass is 491 g/mol. The zero-order chi connectivity index (χ0) is 24.7. The summed E-state index contributed by atoms with van der Waals surface area (Å²) in [5, 5.41) is 0. The van der Waals surface area contributed by atoms with E-state index in [0.29, 0.717) is 5.69 Å². The molecular weight excluding hydrogens is 471 g/mol. The highest BCUT2D eigenvalue weighted by Gasteiger charge is 2.39. The quantitative estimate of drug-likeness (QED) is 0.535. The van der Waals surface area contributed by atoms with E-state index in [1.54, 1.807) is 18.6 Å². The molecule has 0 N–H and O–H groups in total. The number of alkyl halides is 3. The lowest BCUT2D eigenvalue weighted by Crippen LogP contribution is -2.32. The van der Waals surface area contributed by atoms with Gasteiger partial charge in [0.1, 0.15) is 5.75 Å². The molecule has 0 saturated heterocycles. The van der Waals surface area contributed by atoms with E-state index < -0.39 is 28.0 Å². The molecule has 0 unspecified atom stereocenters. The number of hydrogen-bond donors (Lipinski definition) is 0. The van der Waals surface area contributed by atoms with Crippen LogP contribution in [0.4, 0.5) is 13.2 Å². The van der Waals surface area contributed by atoms with Gasteiger partial charge in [-0.1, -0.05) is 12.1 Å². The van der Waals surface area contributed by atoms with Gasteiger partial charge in [-0.05, 0) is 42.3 Å². The van der Waals surface area contributed by atoms with Crippen LogP contribution in [-0.2, 0) is 22.9 Å². The fourth-order valence-electron chi connectivity index (χ4n) is 3.58. The van der Waals surface area contributed by atoms with Crippen molar-refractivity contribution >= 4 is 15.7 Å². The van der Waals surface area contributed by atoms with Crippen LogP contribution in [0.1, 0.15) is 28.4 Å². The molecule has 1 aromatic heterocycles. The molecule has 11 heteroatoms. The molecule has 0 saturated carbocycles. The maximum Gasteiger partial charge on any atom is 0.425 e. The molecule has 0 spiro atoms. The molecule has 3 aromatic rings. The molecule has 0 bridgehead atoms. The van der Waals surface area contributed by atoms with Gasteiger partial charge in [-0.2, -0.15) is 13.2 Å². The lowest BCUT2D eigenvalue weighted by molar-refractivity contribution is -0.189. The third-order valence-electron chi connectivity index (χ3n) is 5.45. The second-order valence-corrected chi connectivity index (χ2v) is 9.98. The van der Waals surface area contributed by atoms with Gasteiger partial charge in [-0.25, -0.2) is 8.42 Å². The SMILES string of the molecule is C[C@H](Oc1ccc(S(C)(=O)=O)cc1C(=O)N1Cc2ccc(-c3cnccn3)cc2C1)C(F)(F)F. The third kappa shape index (κ3) is 4.89. The minimum Gasteiger partial charge on any atom is -0.480 e. The van der Waals surface area contributed by atoms with Crippen molar-refractivity contribution in [3.63, 3.8) is 0 Å². The van der Waals surface area contributed by atoms with Crippen molar-refractivity contribution in [3.8, 4) is 17.0 Å². The van der Waals surface area contributed by atoms with Gasteiger partial charge in [-0.15, -0.1) is 0 Å². The van der Waals surface area contributed by atoms with Crippen LogP contribution in [-0.4, -0.2) is 47.7 Å². The van der Waals surface area contributed by atoms with Gasteiger partial charge < -0.3 is 9.64 Å². The minimum atomic E-state index is -4.66. The van der Waals surface area contributed by atoms with Gasteiger partial charge in [0.2, 0.25) is 0 Å². The Kier molecular flexibility index (Phi) is 6.07. The van der Waals surface area contributed by atoms with Gasteiger partial charge in [0, 0.05) is 37.3 Å². The van der Waals surface area contributed by atoms with Crippen molar-refractivity contribution in [2.24, 2.45) is 0 Å². The van der Waals surface area contributed by atoms with Crippen LogP contribution in [0.5, 0.6) is 5.75 Å². The molecule has 1 atom stereocenters. The fraction of sp³-hybridized carbons (Fsp3) is 0.261. The summed E-state index contributed by atoms with van der Waals surface area (Å²) in [5.74, 6) is -0.967. The van der Waals surface area contributed by atoms with E-state index in [9.17, 15) is 26.4 Å². The van der Waals surface area contributed by atoms with Crippen molar-refractivity contribution in [2.75, 3.05) is 6.26 Å². The summed E-state index contributed by atoms with van der Waals surface area (Å²) in [7, 11) is -3.71. The van der Waals surface area contributed by atoms with Crippen LogP contribution >= 0.6 is 0 Å². The van der Waals surface area contributed by atoms with Crippen molar-refractivity contribution in [1.82, 2.24) is 14.9 Å². The number of carbonyl (C=O) groups is 1. The summed E-state index contributed by atoms with van der Waals surface area (Å²) in [5.41, 5.74) is 2.94.